The molecule has 1 heterocycles. The summed E-state index contributed by atoms with van der Waals surface area (Å²) in [5.41, 5.74) is 0. The summed E-state index contributed by atoms with van der Waals surface area (Å²) >= 11 is 0. The maximum Gasteiger partial charge on any atom is 0.241 e. The first-order valence-electron chi connectivity index (χ1n) is 7.73. The highest BCUT2D eigenvalue weighted by Crippen LogP contribution is 2.22. The third kappa shape index (κ3) is 3.71. The topological polar surface area (TPSA) is 32.3 Å². The molecule has 1 amide bonds. The van der Waals surface area contributed by atoms with Crippen LogP contribution >= 0.6 is 0 Å². The first-order valence-corrected chi connectivity index (χ1v) is 7.73. The minimum atomic E-state index is 0.0635. The van der Waals surface area contributed by atoms with Crippen molar-refractivity contribution >= 4 is 5.91 Å². The fourth-order valence-corrected chi connectivity index (χ4v) is 2.88. The summed E-state index contributed by atoms with van der Waals surface area (Å²) in [6, 6.07) is 0.442. The Bertz CT molecular complexity index is 255. The third-order valence-electron chi connectivity index (χ3n) is 3.95. The average Bonchev–Trinajstić information content (AvgIpc) is 2.67. The van der Waals surface area contributed by atoms with Crippen molar-refractivity contribution in [1.29, 1.82) is 0 Å². The molecule has 18 heavy (non-hydrogen) atoms. The molecule has 0 radical (unpaired) electrons. The van der Waals surface area contributed by atoms with E-state index in [1.54, 1.807) is 0 Å². The van der Waals surface area contributed by atoms with Crippen molar-refractivity contribution in [2.45, 2.75) is 90.9 Å². The molecular weight excluding hydrogens is 224 g/mol. The van der Waals surface area contributed by atoms with E-state index in [0.717, 1.165) is 25.7 Å². The molecule has 0 aromatic carbocycles. The van der Waals surface area contributed by atoms with Gasteiger partial charge in [-0.15, -0.1) is 0 Å². The Labute approximate surface area is 112 Å². The summed E-state index contributed by atoms with van der Waals surface area (Å²) in [6.07, 6.45) is 8.18. The Morgan fingerprint density at radius 2 is 1.94 bits per heavy atom. The molecule has 106 valence electrons. The number of hydrogen-bond acceptors (Lipinski definition) is 2. The van der Waals surface area contributed by atoms with Gasteiger partial charge in [-0.1, -0.05) is 46.5 Å². The van der Waals surface area contributed by atoms with E-state index < -0.39 is 0 Å². The van der Waals surface area contributed by atoms with Gasteiger partial charge in [0.15, 0.2) is 0 Å². The summed E-state index contributed by atoms with van der Waals surface area (Å²) in [4.78, 5) is 14.5. The van der Waals surface area contributed by atoms with E-state index >= 15 is 0 Å². The number of hydrogen-bond donors (Lipinski definition) is 1. The lowest BCUT2D eigenvalue weighted by Gasteiger charge is -2.30. The Hall–Kier alpha value is -0.570. The molecule has 1 fully saturated rings. The molecule has 1 aliphatic heterocycles. The minimum Gasteiger partial charge on any atom is -0.323 e. The molecule has 0 saturated carbocycles. The van der Waals surface area contributed by atoms with Gasteiger partial charge in [0.2, 0.25) is 5.91 Å². The van der Waals surface area contributed by atoms with Crippen molar-refractivity contribution in [3.05, 3.63) is 0 Å². The highest BCUT2D eigenvalue weighted by Gasteiger charge is 2.39. The number of carbonyl (C=O) groups is 1. The lowest BCUT2D eigenvalue weighted by Crippen LogP contribution is -2.42. The van der Waals surface area contributed by atoms with E-state index in [2.05, 4.69) is 37.9 Å². The first-order chi connectivity index (χ1) is 8.65. The SMILES string of the molecule is CCCCCC(C)N1C(=O)C(CCC)NC1CC. The molecule has 3 unspecified atom stereocenters. The number of carbonyl (C=O) groups excluding carboxylic acids is 1. The van der Waals surface area contributed by atoms with Crippen LogP contribution in [0.1, 0.15) is 72.6 Å². The van der Waals surface area contributed by atoms with Gasteiger partial charge in [0.05, 0.1) is 12.2 Å². The number of nitrogens with zero attached hydrogens (tertiary/aromatic N) is 1. The van der Waals surface area contributed by atoms with Gasteiger partial charge in [-0.05, 0) is 26.2 Å². The molecule has 1 aliphatic rings. The molecular formula is C15H30N2O. The van der Waals surface area contributed by atoms with Crippen molar-refractivity contribution < 1.29 is 4.79 Å². The molecule has 0 aromatic rings. The number of rotatable bonds is 8. The summed E-state index contributed by atoms with van der Waals surface area (Å²) in [5, 5.41) is 3.49. The molecule has 0 aliphatic carbocycles. The molecule has 0 bridgehead atoms. The van der Waals surface area contributed by atoms with Crippen molar-refractivity contribution in [2.75, 3.05) is 0 Å². The van der Waals surface area contributed by atoms with E-state index in [0.29, 0.717) is 11.9 Å². The van der Waals surface area contributed by atoms with Crippen molar-refractivity contribution in [1.82, 2.24) is 10.2 Å². The molecule has 3 heteroatoms. The summed E-state index contributed by atoms with van der Waals surface area (Å²) < 4.78 is 0. The maximum absolute atomic E-state index is 12.4. The molecule has 1 N–H and O–H groups in total. The van der Waals surface area contributed by atoms with Gasteiger partial charge in [-0.25, -0.2) is 0 Å². The fourth-order valence-electron chi connectivity index (χ4n) is 2.88. The zero-order chi connectivity index (χ0) is 13.5. The van der Waals surface area contributed by atoms with Crippen LogP contribution in [-0.4, -0.2) is 29.1 Å². The lowest BCUT2D eigenvalue weighted by atomic mass is 10.1. The number of nitrogens with one attached hydrogen (secondary N) is 1. The van der Waals surface area contributed by atoms with Crippen LogP contribution < -0.4 is 5.32 Å². The van der Waals surface area contributed by atoms with Crippen molar-refractivity contribution in [3.63, 3.8) is 0 Å². The first kappa shape index (κ1) is 15.5. The predicted octanol–water partition coefficient (Wildman–Crippen LogP) is 3.29. The van der Waals surface area contributed by atoms with Gasteiger partial charge < -0.3 is 4.90 Å². The second kappa shape index (κ2) is 7.78. The van der Waals surface area contributed by atoms with E-state index in [1.165, 1.54) is 19.3 Å². The fraction of sp³-hybridized carbons (Fsp3) is 0.933. The molecule has 3 nitrogen and oxygen atoms in total. The van der Waals surface area contributed by atoms with E-state index in [4.69, 9.17) is 0 Å². The smallest absolute Gasteiger partial charge is 0.241 e. The molecule has 0 aromatic heterocycles. The van der Waals surface area contributed by atoms with Crippen LogP contribution in [0.15, 0.2) is 0 Å². The average molecular weight is 254 g/mol. The van der Waals surface area contributed by atoms with Gasteiger partial charge in [-0.3, -0.25) is 10.1 Å². The summed E-state index contributed by atoms with van der Waals surface area (Å²) in [7, 11) is 0. The van der Waals surface area contributed by atoms with E-state index in [9.17, 15) is 4.79 Å². The van der Waals surface area contributed by atoms with Crippen LogP contribution in [-0.2, 0) is 4.79 Å². The van der Waals surface area contributed by atoms with Gasteiger partial charge >= 0.3 is 0 Å². The molecule has 3 atom stereocenters. The second-order valence-electron chi connectivity index (χ2n) is 5.52. The Morgan fingerprint density at radius 3 is 2.50 bits per heavy atom. The maximum atomic E-state index is 12.4. The zero-order valence-electron chi connectivity index (χ0n) is 12.5. The highest BCUT2D eigenvalue weighted by molar-refractivity contribution is 5.84. The standard InChI is InChI=1S/C15H30N2O/c1-5-8-9-11-12(4)17-14(7-3)16-13(10-6-2)15(17)18/h12-14,16H,5-11H2,1-4H3. The zero-order valence-corrected chi connectivity index (χ0v) is 12.5. The van der Waals surface area contributed by atoms with Gasteiger partial charge in [0, 0.05) is 6.04 Å². The third-order valence-corrected chi connectivity index (χ3v) is 3.95. The second-order valence-corrected chi connectivity index (χ2v) is 5.52. The van der Waals surface area contributed by atoms with Gasteiger partial charge in [-0.2, -0.15) is 0 Å². The Kier molecular flexibility index (Phi) is 6.69. The minimum absolute atomic E-state index is 0.0635. The molecule has 0 spiro atoms. The number of unbranched alkanes of at least 4 members (excludes halogenated alkanes) is 2. The summed E-state index contributed by atoms with van der Waals surface area (Å²) in [5.74, 6) is 0.327. The summed E-state index contributed by atoms with van der Waals surface area (Å²) in [6.45, 7) is 8.72. The highest BCUT2D eigenvalue weighted by atomic mass is 16.2. The molecule has 1 rings (SSSR count). The normalized spacial score (nSPS) is 25.8. The largest absolute Gasteiger partial charge is 0.323 e. The van der Waals surface area contributed by atoms with Gasteiger partial charge in [0.1, 0.15) is 0 Å². The number of amides is 1. The van der Waals surface area contributed by atoms with Crippen LogP contribution in [0, 0.1) is 0 Å². The molecule has 1 saturated heterocycles. The predicted molar refractivity (Wildman–Crippen MR) is 76.4 cm³/mol. The monoisotopic (exact) mass is 254 g/mol. The quantitative estimate of drug-likeness (QED) is 0.674. The Morgan fingerprint density at radius 1 is 1.22 bits per heavy atom. The van der Waals surface area contributed by atoms with Crippen LogP contribution in [0.2, 0.25) is 0 Å². The van der Waals surface area contributed by atoms with Crippen LogP contribution in [0.4, 0.5) is 0 Å². The van der Waals surface area contributed by atoms with Crippen LogP contribution in [0.25, 0.3) is 0 Å². The lowest BCUT2D eigenvalue weighted by molar-refractivity contribution is -0.132. The van der Waals surface area contributed by atoms with Crippen LogP contribution in [0.5, 0.6) is 0 Å². The Balaban J connectivity index is 2.57. The van der Waals surface area contributed by atoms with E-state index in [1.807, 2.05) is 0 Å². The van der Waals surface area contributed by atoms with Crippen molar-refractivity contribution in [3.8, 4) is 0 Å². The van der Waals surface area contributed by atoms with Crippen LogP contribution in [0.3, 0.4) is 0 Å². The van der Waals surface area contributed by atoms with Gasteiger partial charge in [0.25, 0.3) is 0 Å². The van der Waals surface area contributed by atoms with E-state index in [-0.39, 0.29) is 12.2 Å². The van der Waals surface area contributed by atoms with Crippen molar-refractivity contribution in [2.24, 2.45) is 0 Å².